The van der Waals surface area contributed by atoms with E-state index in [0.717, 1.165) is 116 Å². The van der Waals surface area contributed by atoms with Crippen LogP contribution in [0.5, 0.6) is 0 Å². The zero-order chi connectivity index (χ0) is 49.7. The molecule has 0 atom stereocenters. The molecule has 0 saturated carbocycles. The number of hydrogen-bond donors (Lipinski definition) is 0. The fourth-order valence-electron chi connectivity index (χ4n) is 10.4. The van der Waals surface area contributed by atoms with E-state index in [-0.39, 0.29) is 0 Å². The molecule has 12 aromatic rings. The van der Waals surface area contributed by atoms with Gasteiger partial charge in [-0.1, -0.05) is 152 Å². The average Bonchev–Trinajstić information content (AvgIpc) is 3.95. The molecule has 7 heteroatoms. The summed E-state index contributed by atoms with van der Waals surface area (Å²) in [6.07, 6.45) is 0. The molecule has 0 amide bonds. The summed E-state index contributed by atoms with van der Waals surface area (Å²) in [4.78, 5) is 10.9. The molecule has 336 valence electrons. The third-order valence-electron chi connectivity index (χ3n) is 14.0. The van der Waals surface area contributed by atoms with Crippen LogP contribution >= 0.6 is 0 Å². The van der Waals surface area contributed by atoms with Crippen molar-refractivity contribution < 1.29 is 0 Å². The quantitative estimate of drug-likeness (QED) is 0.149. The lowest BCUT2D eigenvalue weighted by Gasteiger charge is -2.22. The molecule has 2 heterocycles. The van der Waals surface area contributed by atoms with Crippen molar-refractivity contribution in [2.75, 3.05) is 0 Å². The van der Waals surface area contributed by atoms with Crippen molar-refractivity contribution in [1.82, 2.24) is 9.13 Å². The number of aromatic nitrogens is 2. The largest absolute Gasteiger partial charge is 0.309 e. The summed E-state index contributed by atoms with van der Waals surface area (Å²) >= 11 is 0. The molecule has 73 heavy (non-hydrogen) atoms. The molecule has 2 aromatic heterocycles. The Morgan fingerprint density at radius 3 is 1.11 bits per heavy atom. The Labute approximate surface area is 421 Å². The molecular weight excluding hydrogens is 891 g/mol. The predicted octanol–water partition coefficient (Wildman–Crippen LogP) is 17.9. The van der Waals surface area contributed by atoms with E-state index in [1.807, 2.05) is 115 Å². The van der Waals surface area contributed by atoms with Crippen molar-refractivity contribution in [2.45, 2.75) is 6.92 Å². The third-order valence-corrected chi connectivity index (χ3v) is 14.0. The molecule has 0 aliphatic heterocycles. The van der Waals surface area contributed by atoms with Crippen LogP contribution in [-0.2, 0) is 0 Å². The van der Waals surface area contributed by atoms with Gasteiger partial charge in [0.05, 0.1) is 76.4 Å². The second kappa shape index (κ2) is 17.6. The van der Waals surface area contributed by atoms with Crippen LogP contribution < -0.4 is 0 Å². The lowest BCUT2D eigenvalue weighted by atomic mass is 9.96. The SMILES string of the molecule is [C-]#[N+]c1ccc(-c2ccc3c4ccc(-c5ccc(C#N)cc5)cc4n(-c4ccc(-c5cccc(C#N)c5)c(-n5c6cc(-c7ccc([N+]#[C-])cc7)ccc6c6ccc(-c7ccc([N+]#[C-])cc7)cc65)c4C)c3c2)cc1. The van der Waals surface area contributed by atoms with E-state index in [1.165, 1.54) is 0 Å². The number of nitriles is 2. The van der Waals surface area contributed by atoms with E-state index in [9.17, 15) is 10.5 Å². The number of fused-ring (bicyclic) bond motifs is 6. The second-order valence-electron chi connectivity index (χ2n) is 18.1. The minimum Gasteiger partial charge on any atom is -0.309 e. The molecule has 0 aliphatic carbocycles. The Kier molecular flexibility index (Phi) is 10.5. The molecule has 10 aromatic carbocycles. The Morgan fingerprint density at radius 2 is 0.726 bits per heavy atom. The molecule has 0 radical (unpaired) electrons. The van der Waals surface area contributed by atoms with Crippen molar-refractivity contribution in [3.8, 4) is 79.1 Å². The van der Waals surface area contributed by atoms with Crippen molar-refractivity contribution in [3.05, 3.63) is 257 Å². The van der Waals surface area contributed by atoms with Crippen molar-refractivity contribution in [1.29, 1.82) is 10.5 Å². The van der Waals surface area contributed by atoms with E-state index in [1.54, 1.807) is 0 Å². The Morgan fingerprint density at radius 1 is 0.356 bits per heavy atom. The lowest BCUT2D eigenvalue weighted by molar-refractivity contribution is 1.10. The maximum atomic E-state index is 10.3. The molecule has 0 fully saturated rings. The van der Waals surface area contributed by atoms with E-state index in [2.05, 4.69) is 134 Å². The average molecular weight is 928 g/mol. The summed E-state index contributed by atoms with van der Waals surface area (Å²) in [6.45, 7) is 25.0. The molecule has 0 spiro atoms. The summed E-state index contributed by atoms with van der Waals surface area (Å²) in [7, 11) is 0. The van der Waals surface area contributed by atoms with Gasteiger partial charge in [-0.2, -0.15) is 10.5 Å². The molecule has 0 saturated heterocycles. The Balaban J connectivity index is 1.20. The van der Waals surface area contributed by atoms with Gasteiger partial charge in [-0.05, 0) is 117 Å². The first-order valence-corrected chi connectivity index (χ1v) is 23.6. The Bertz CT molecular complexity index is 4230. The normalized spacial score (nSPS) is 11.0. The van der Waals surface area contributed by atoms with E-state index in [4.69, 9.17) is 19.7 Å². The smallest absolute Gasteiger partial charge is 0.187 e. The van der Waals surface area contributed by atoms with E-state index >= 15 is 0 Å². The van der Waals surface area contributed by atoms with Crippen molar-refractivity contribution in [2.24, 2.45) is 0 Å². The van der Waals surface area contributed by atoms with Crippen LogP contribution in [0.15, 0.2) is 206 Å². The first kappa shape index (κ1) is 43.5. The second-order valence-corrected chi connectivity index (χ2v) is 18.1. The summed E-state index contributed by atoms with van der Waals surface area (Å²) < 4.78 is 4.75. The number of benzene rings is 10. The fourth-order valence-corrected chi connectivity index (χ4v) is 10.4. The molecule has 0 aliphatic rings. The molecule has 12 rings (SSSR count). The van der Waals surface area contributed by atoms with Crippen LogP contribution in [0, 0.1) is 49.3 Å². The highest BCUT2D eigenvalue weighted by molar-refractivity contribution is 6.13. The minimum absolute atomic E-state index is 0.553. The number of nitrogens with zero attached hydrogens (tertiary/aromatic N) is 7. The standard InChI is InChI=1S/C66H37N7/c1-41-61(72-62-35-48(44-10-8-42(39-67)9-11-44)18-28-57(62)58-29-19-49(36-63(58)72)45-12-22-53(69-2)23-13-45)33-32-56(52-7-5-6-43(34-52)40-68)66(41)73-64-37-50(46-14-24-54(70-3)25-15-46)20-30-59(64)60-31-21-51(38-65(60)73)47-16-26-55(71-4)27-17-47/h5-38H,1H3. The number of hydrogen-bond acceptors (Lipinski definition) is 2. The van der Waals surface area contributed by atoms with Gasteiger partial charge in [-0.15, -0.1) is 0 Å². The van der Waals surface area contributed by atoms with Crippen LogP contribution in [0.3, 0.4) is 0 Å². The predicted molar refractivity (Wildman–Crippen MR) is 295 cm³/mol. The van der Waals surface area contributed by atoms with Crippen LogP contribution in [0.4, 0.5) is 17.1 Å². The van der Waals surface area contributed by atoms with E-state index < -0.39 is 0 Å². The highest BCUT2D eigenvalue weighted by Gasteiger charge is 2.24. The van der Waals surface area contributed by atoms with Gasteiger partial charge in [0.1, 0.15) is 0 Å². The first-order chi connectivity index (χ1) is 35.8. The van der Waals surface area contributed by atoms with Gasteiger partial charge in [0.15, 0.2) is 17.1 Å². The fraction of sp³-hybridized carbons (Fsp3) is 0.0152. The topological polar surface area (TPSA) is 70.5 Å². The summed E-state index contributed by atoms with van der Waals surface area (Å²) in [6, 6.07) is 73.9. The van der Waals surface area contributed by atoms with Crippen molar-refractivity contribution >= 4 is 60.7 Å². The number of rotatable bonds is 7. The molecule has 0 N–H and O–H groups in total. The van der Waals surface area contributed by atoms with Crippen LogP contribution in [0.1, 0.15) is 16.7 Å². The monoisotopic (exact) mass is 927 g/mol. The summed E-state index contributed by atoms with van der Waals surface area (Å²) in [5, 5.41) is 24.2. The van der Waals surface area contributed by atoms with Crippen LogP contribution in [-0.4, -0.2) is 9.13 Å². The minimum atomic E-state index is 0.553. The van der Waals surface area contributed by atoms with Gasteiger partial charge < -0.3 is 9.13 Å². The highest BCUT2D eigenvalue weighted by atomic mass is 15.0. The zero-order valence-electron chi connectivity index (χ0n) is 39.3. The highest BCUT2D eigenvalue weighted by Crippen LogP contribution is 2.45. The van der Waals surface area contributed by atoms with E-state index in [0.29, 0.717) is 28.2 Å². The summed E-state index contributed by atoms with van der Waals surface area (Å²) in [5.41, 5.74) is 19.6. The van der Waals surface area contributed by atoms with Gasteiger partial charge in [0, 0.05) is 27.1 Å². The molecule has 0 unspecified atom stereocenters. The van der Waals surface area contributed by atoms with Crippen LogP contribution in [0.2, 0.25) is 0 Å². The van der Waals surface area contributed by atoms with Gasteiger partial charge >= 0.3 is 0 Å². The Hall–Kier alpha value is -10.8. The summed E-state index contributed by atoms with van der Waals surface area (Å²) in [5.74, 6) is 0. The van der Waals surface area contributed by atoms with Gasteiger partial charge in [-0.25, -0.2) is 14.5 Å². The maximum absolute atomic E-state index is 10.3. The van der Waals surface area contributed by atoms with Crippen molar-refractivity contribution in [3.63, 3.8) is 0 Å². The van der Waals surface area contributed by atoms with Gasteiger partial charge in [-0.3, -0.25) is 0 Å². The lowest BCUT2D eigenvalue weighted by Crippen LogP contribution is -2.06. The first-order valence-electron chi connectivity index (χ1n) is 23.6. The maximum Gasteiger partial charge on any atom is 0.187 e. The van der Waals surface area contributed by atoms with Gasteiger partial charge in [0.25, 0.3) is 0 Å². The third kappa shape index (κ3) is 7.42. The van der Waals surface area contributed by atoms with Crippen LogP contribution in [0.25, 0.3) is 125 Å². The molecular formula is C66H37N7. The molecule has 7 nitrogen and oxygen atoms in total. The molecule has 0 bridgehead atoms. The zero-order valence-corrected chi connectivity index (χ0v) is 39.3. The van der Waals surface area contributed by atoms with Gasteiger partial charge in [0.2, 0.25) is 0 Å².